The van der Waals surface area contributed by atoms with Crippen LogP contribution in [0.2, 0.25) is 0 Å². The summed E-state index contributed by atoms with van der Waals surface area (Å²) < 4.78 is 37.4. The Morgan fingerprint density at radius 3 is 2.83 bits per heavy atom. The molecular formula is C11H12F3N3O. The Labute approximate surface area is 102 Å². The minimum atomic E-state index is -4.45. The van der Waals surface area contributed by atoms with Gasteiger partial charge in [-0.25, -0.2) is 0 Å². The molecule has 7 heteroatoms. The molecule has 1 fully saturated rings. The Morgan fingerprint density at radius 1 is 1.44 bits per heavy atom. The van der Waals surface area contributed by atoms with Crippen LogP contribution in [-0.4, -0.2) is 23.5 Å². The van der Waals surface area contributed by atoms with Crippen LogP contribution in [0.4, 0.5) is 18.9 Å². The summed E-state index contributed by atoms with van der Waals surface area (Å²) in [6.07, 6.45) is -2.34. The number of carbonyl (C=O) groups excluding carboxylic acids is 1. The fourth-order valence-electron chi connectivity index (χ4n) is 1.77. The summed E-state index contributed by atoms with van der Waals surface area (Å²) >= 11 is 0. The molecule has 0 spiro atoms. The van der Waals surface area contributed by atoms with Crippen molar-refractivity contribution in [3.63, 3.8) is 0 Å². The number of piperidine rings is 1. The van der Waals surface area contributed by atoms with Crippen LogP contribution < -0.4 is 10.6 Å². The highest BCUT2D eigenvalue weighted by molar-refractivity contribution is 5.77. The molecule has 0 bridgehead atoms. The van der Waals surface area contributed by atoms with Crippen LogP contribution in [0.3, 0.4) is 0 Å². The number of carbonyl (C=O) groups is 1. The van der Waals surface area contributed by atoms with Gasteiger partial charge in [-0.2, -0.15) is 13.2 Å². The highest BCUT2D eigenvalue weighted by Gasteiger charge is 2.32. The van der Waals surface area contributed by atoms with Gasteiger partial charge in [0.25, 0.3) is 0 Å². The van der Waals surface area contributed by atoms with E-state index < -0.39 is 11.9 Å². The molecule has 1 saturated heterocycles. The minimum absolute atomic E-state index is 0.0289. The van der Waals surface area contributed by atoms with Crippen LogP contribution in [0.1, 0.15) is 18.5 Å². The second-order valence-electron chi connectivity index (χ2n) is 4.11. The van der Waals surface area contributed by atoms with Crippen molar-refractivity contribution >= 4 is 11.6 Å². The summed E-state index contributed by atoms with van der Waals surface area (Å²) in [5.74, 6) is -0.0289. The number of alkyl halides is 3. The molecule has 1 atom stereocenters. The highest BCUT2D eigenvalue weighted by Crippen LogP contribution is 2.29. The zero-order chi connectivity index (χ0) is 13.2. The van der Waals surface area contributed by atoms with Crippen molar-refractivity contribution in [2.75, 3.05) is 11.9 Å². The number of nitrogens with zero attached hydrogens (tertiary/aromatic N) is 1. The largest absolute Gasteiger partial charge is 0.433 e. The topological polar surface area (TPSA) is 54.0 Å². The van der Waals surface area contributed by atoms with E-state index in [-0.39, 0.29) is 11.9 Å². The van der Waals surface area contributed by atoms with E-state index in [4.69, 9.17) is 0 Å². The van der Waals surface area contributed by atoms with E-state index >= 15 is 0 Å². The molecule has 4 nitrogen and oxygen atoms in total. The maximum absolute atomic E-state index is 12.5. The van der Waals surface area contributed by atoms with Gasteiger partial charge in [0, 0.05) is 30.9 Å². The number of hydrogen-bond donors (Lipinski definition) is 2. The second-order valence-corrected chi connectivity index (χ2v) is 4.11. The van der Waals surface area contributed by atoms with Gasteiger partial charge in [-0.05, 0) is 18.6 Å². The minimum Gasteiger partial charge on any atom is -0.380 e. The maximum Gasteiger partial charge on any atom is 0.433 e. The fraction of sp³-hybridized carbons (Fsp3) is 0.455. The third-order valence-electron chi connectivity index (χ3n) is 2.69. The zero-order valence-electron chi connectivity index (χ0n) is 9.42. The van der Waals surface area contributed by atoms with Crippen molar-refractivity contribution in [2.24, 2.45) is 0 Å². The molecule has 1 aliphatic rings. The van der Waals surface area contributed by atoms with E-state index in [9.17, 15) is 18.0 Å². The molecule has 0 aromatic carbocycles. The molecular weight excluding hydrogens is 247 g/mol. The monoisotopic (exact) mass is 259 g/mol. The molecule has 2 heterocycles. The van der Waals surface area contributed by atoms with Gasteiger partial charge in [0.05, 0.1) is 0 Å². The van der Waals surface area contributed by atoms with Crippen LogP contribution in [0.5, 0.6) is 0 Å². The van der Waals surface area contributed by atoms with E-state index in [2.05, 4.69) is 15.6 Å². The van der Waals surface area contributed by atoms with Crippen LogP contribution in [0.15, 0.2) is 18.3 Å². The first-order valence-electron chi connectivity index (χ1n) is 5.51. The van der Waals surface area contributed by atoms with Crippen molar-refractivity contribution in [1.82, 2.24) is 10.3 Å². The van der Waals surface area contributed by atoms with Crippen LogP contribution in [0.25, 0.3) is 0 Å². The average molecular weight is 259 g/mol. The number of aromatic nitrogens is 1. The third kappa shape index (κ3) is 3.12. The highest BCUT2D eigenvalue weighted by atomic mass is 19.4. The number of hydrogen-bond acceptors (Lipinski definition) is 3. The van der Waals surface area contributed by atoms with Crippen molar-refractivity contribution in [1.29, 1.82) is 0 Å². The Morgan fingerprint density at radius 2 is 2.22 bits per heavy atom. The normalized spacial score (nSPS) is 20.4. The van der Waals surface area contributed by atoms with E-state index in [1.54, 1.807) is 0 Å². The average Bonchev–Trinajstić information content (AvgIpc) is 2.31. The first-order chi connectivity index (χ1) is 8.45. The zero-order valence-corrected chi connectivity index (χ0v) is 9.42. The molecule has 0 saturated carbocycles. The number of amides is 1. The van der Waals surface area contributed by atoms with Crippen LogP contribution >= 0.6 is 0 Å². The van der Waals surface area contributed by atoms with Gasteiger partial charge in [-0.3, -0.25) is 9.78 Å². The van der Waals surface area contributed by atoms with Crippen molar-refractivity contribution in [3.8, 4) is 0 Å². The molecule has 0 aliphatic carbocycles. The summed E-state index contributed by atoms with van der Waals surface area (Å²) in [6.45, 7) is 0.419. The Hall–Kier alpha value is -1.79. The Bertz CT molecular complexity index is 437. The molecule has 1 aromatic rings. The molecule has 1 amide bonds. The summed E-state index contributed by atoms with van der Waals surface area (Å²) in [4.78, 5) is 14.2. The molecule has 1 aromatic heterocycles. The molecule has 2 N–H and O–H groups in total. The van der Waals surface area contributed by atoms with Gasteiger partial charge in [-0.15, -0.1) is 0 Å². The molecule has 1 unspecified atom stereocenters. The van der Waals surface area contributed by atoms with Crippen molar-refractivity contribution < 1.29 is 18.0 Å². The molecule has 0 radical (unpaired) electrons. The first-order valence-corrected chi connectivity index (χ1v) is 5.51. The summed E-state index contributed by atoms with van der Waals surface area (Å²) in [5.41, 5.74) is -0.564. The van der Waals surface area contributed by atoms with Gasteiger partial charge >= 0.3 is 6.18 Å². The molecule has 18 heavy (non-hydrogen) atoms. The lowest BCUT2D eigenvalue weighted by Gasteiger charge is -2.24. The SMILES string of the molecule is O=C1CCC(Nc2ccnc(C(F)(F)F)c2)CN1. The van der Waals surface area contributed by atoms with E-state index in [1.807, 2.05) is 0 Å². The lowest BCUT2D eigenvalue weighted by atomic mass is 10.1. The second kappa shape index (κ2) is 4.83. The predicted molar refractivity (Wildman–Crippen MR) is 58.9 cm³/mol. The summed E-state index contributed by atoms with van der Waals surface area (Å²) in [7, 11) is 0. The number of halogens is 3. The van der Waals surface area contributed by atoms with Crippen molar-refractivity contribution in [2.45, 2.75) is 25.1 Å². The third-order valence-corrected chi connectivity index (χ3v) is 2.69. The quantitative estimate of drug-likeness (QED) is 0.851. The Kier molecular flexibility index (Phi) is 3.40. The van der Waals surface area contributed by atoms with Gasteiger partial charge in [0.15, 0.2) is 0 Å². The van der Waals surface area contributed by atoms with Gasteiger partial charge in [-0.1, -0.05) is 0 Å². The summed E-state index contributed by atoms with van der Waals surface area (Å²) in [6, 6.07) is 2.40. The number of rotatable bonds is 2. The van der Waals surface area contributed by atoms with Crippen molar-refractivity contribution in [3.05, 3.63) is 24.0 Å². The van der Waals surface area contributed by atoms with Gasteiger partial charge in [0.1, 0.15) is 5.69 Å². The first kappa shape index (κ1) is 12.7. The molecule has 2 rings (SSSR count). The smallest absolute Gasteiger partial charge is 0.380 e. The van der Waals surface area contributed by atoms with Crippen LogP contribution in [0, 0.1) is 0 Å². The maximum atomic E-state index is 12.5. The van der Waals surface area contributed by atoms with E-state index in [0.29, 0.717) is 25.1 Å². The standard InChI is InChI=1S/C11H12F3N3O/c12-11(13,14)9-5-7(3-4-15-9)17-8-1-2-10(18)16-6-8/h3-5,8H,1-2,6H2,(H,15,17)(H,16,18). The number of nitrogens with one attached hydrogen (secondary N) is 2. The summed E-state index contributed by atoms with van der Waals surface area (Å²) in [5, 5.41) is 5.62. The predicted octanol–water partition coefficient (Wildman–Crippen LogP) is 1.79. The number of pyridine rings is 1. The van der Waals surface area contributed by atoms with Gasteiger partial charge in [0.2, 0.25) is 5.91 Å². The Balaban J connectivity index is 2.03. The van der Waals surface area contributed by atoms with E-state index in [0.717, 1.165) is 12.3 Å². The lowest BCUT2D eigenvalue weighted by Crippen LogP contribution is -2.41. The van der Waals surface area contributed by atoms with E-state index in [1.165, 1.54) is 6.07 Å². The van der Waals surface area contributed by atoms with Crippen LogP contribution in [-0.2, 0) is 11.0 Å². The fourth-order valence-corrected chi connectivity index (χ4v) is 1.77. The molecule has 98 valence electrons. The van der Waals surface area contributed by atoms with Gasteiger partial charge < -0.3 is 10.6 Å². The lowest BCUT2D eigenvalue weighted by molar-refractivity contribution is -0.141. The number of anilines is 1. The molecule has 1 aliphatic heterocycles.